The molecule has 3 heterocycles. The van der Waals surface area contributed by atoms with E-state index in [2.05, 4.69) is 16.3 Å². The molecule has 0 saturated carbocycles. The summed E-state index contributed by atoms with van der Waals surface area (Å²) in [5, 5.41) is 2.49. The van der Waals surface area contributed by atoms with Crippen LogP contribution >= 0.6 is 11.8 Å². The summed E-state index contributed by atoms with van der Waals surface area (Å²) in [6, 6.07) is 14.2. The normalized spacial score (nSPS) is 26.2. The number of urea groups is 1. The number of hydrogen-bond acceptors (Lipinski definition) is 5. The SMILES string of the molecule is Cc1ccc(N2C(=O)NC(=O)[C@@]3(Cc4ccccc4N4CCSC[C@H]43)C2=O)cc1. The molecule has 1 N–H and O–H groups in total. The van der Waals surface area contributed by atoms with Crippen molar-refractivity contribution in [1.29, 1.82) is 0 Å². The standard InChI is InChI=1S/C22H21N3O3S/c1-14-6-8-16(9-7-14)25-20(27)22(19(26)23-21(25)28)12-15-4-2-3-5-17(15)24-10-11-29-13-18(22)24/h2-9,18H,10-13H2,1H3,(H,23,26,28)/t18-,22-/m0/s1. The van der Waals surface area contributed by atoms with Crippen molar-refractivity contribution in [3.63, 3.8) is 0 Å². The van der Waals surface area contributed by atoms with Gasteiger partial charge in [-0.2, -0.15) is 11.8 Å². The number of thioether (sulfide) groups is 1. The molecular formula is C22H21N3O3S. The number of benzene rings is 2. The van der Waals surface area contributed by atoms with Crippen LogP contribution in [0.3, 0.4) is 0 Å². The van der Waals surface area contributed by atoms with Crippen LogP contribution in [-0.2, 0) is 16.0 Å². The van der Waals surface area contributed by atoms with E-state index < -0.39 is 23.3 Å². The molecular weight excluding hydrogens is 386 g/mol. The fourth-order valence-corrected chi connectivity index (χ4v) is 5.87. The van der Waals surface area contributed by atoms with E-state index in [9.17, 15) is 14.4 Å². The Kier molecular flexibility index (Phi) is 4.17. The van der Waals surface area contributed by atoms with Gasteiger partial charge in [-0.1, -0.05) is 35.9 Å². The maximum absolute atomic E-state index is 13.9. The number of rotatable bonds is 1. The molecule has 2 atom stereocenters. The average molecular weight is 407 g/mol. The summed E-state index contributed by atoms with van der Waals surface area (Å²) in [4.78, 5) is 43.2. The number of barbiturate groups is 1. The third-order valence-electron chi connectivity index (χ3n) is 6.17. The number of hydrogen-bond donors (Lipinski definition) is 1. The predicted octanol–water partition coefficient (Wildman–Crippen LogP) is 2.74. The Morgan fingerprint density at radius 2 is 1.83 bits per heavy atom. The molecule has 0 radical (unpaired) electrons. The summed E-state index contributed by atoms with van der Waals surface area (Å²) < 4.78 is 0. The largest absolute Gasteiger partial charge is 0.365 e. The number of nitrogens with one attached hydrogen (secondary N) is 1. The van der Waals surface area contributed by atoms with Crippen LogP contribution < -0.4 is 15.1 Å². The van der Waals surface area contributed by atoms with Gasteiger partial charge < -0.3 is 4.90 Å². The lowest BCUT2D eigenvalue weighted by atomic mass is 9.69. The average Bonchev–Trinajstić information content (AvgIpc) is 2.73. The summed E-state index contributed by atoms with van der Waals surface area (Å²) >= 11 is 1.75. The number of aryl methyl sites for hydroxylation is 1. The molecule has 2 fully saturated rings. The quantitative estimate of drug-likeness (QED) is 0.736. The third-order valence-corrected chi connectivity index (χ3v) is 7.20. The zero-order chi connectivity index (χ0) is 20.2. The van der Waals surface area contributed by atoms with Gasteiger partial charge in [0.2, 0.25) is 5.91 Å². The minimum Gasteiger partial charge on any atom is -0.365 e. The molecule has 0 aliphatic carbocycles. The third kappa shape index (κ3) is 2.60. The van der Waals surface area contributed by atoms with Crippen molar-refractivity contribution in [2.75, 3.05) is 27.9 Å². The van der Waals surface area contributed by atoms with Crippen LogP contribution in [0.5, 0.6) is 0 Å². The van der Waals surface area contributed by atoms with Gasteiger partial charge in [0, 0.05) is 23.7 Å². The summed E-state index contributed by atoms with van der Waals surface area (Å²) in [6.07, 6.45) is 0.297. The van der Waals surface area contributed by atoms with E-state index in [0.29, 0.717) is 17.9 Å². The van der Waals surface area contributed by atoms with Gasteiger partial charge in [-0.05, 0) is 37.1 Å². The summed E-state index contributed by atoms with van der Waals surface area (Å²) in [5.41, 5.74) is 2.26. The van der Waals surface area contributed by atoms with Gasteiger partial charge in [-0.3, -0.25) is 14.9 Å². The van der Waals surface area contributed by atoms with E-state index in [-0.39, 0.29) is 6.04 Å². The molecule has 6 nitrogen and oxygen atoms in total. The van der Waals surface area contributed by atoms with Crippen LogP contribution in [0.25, 0.3) is 0 Å². The number of carbonyl (C=O) groups is 3. The minimum atomic E-state index is -1.32. The second-order valence-corrected chi connectivity index (χ2v) is 8.95. The molecule has 2 aromatic rings. The first-order chi connectivity index (χ1) is 14.0. The van der Waals surface area contributed by atoms with Crippen LogP contribution in [0.15, 0.2) is 48.5 Å². The number of anilines is 2. The van der Waals surface area contributed by atoms with Gasteiger partial charge in [-0.15, -0.1) is 0 Å². The first-order valence-electron chi connectivity index (χ1n) is 9.71. The Labute approximate surface area is 173 Å². The molecule has 0 unspecified atom stereocenters. The van der Waals surface area contributed by atoms with Gasteiger partial charge in [0.15, 0.2) is 5.41 Å². The number of para-hydroxylation sites is 1. The highest BCUT2D eigenvalue weighted by Gasteiger charge is 2.62. The van der Waals surface area contributed by atoms with E-state index in [1.54, 1.807) is 23.9 Å². The fourth-order valence-electron chi connectivity index (χ4n) is 4.69. The van der Waals surface area contributed by atoms with Crippen molar-refractivity contribution in [3.05, 3.63) is 59.7 Å². The highest BCUT2D eigenvalue weighted by atomic mass is 32.2. The van der Waals surface area contributed by atoms with E-state index in [1.165, 1.54) is 0 Å². The van der Waals surface area contributed by atoms with Crippen molar-refractivity contribution >= 4 is 41.0 Å². The van der Waals surface area contributed by atoms with Crippen LogP contribution in [0.2, 0.25) is 0 Å². The van der Waals surface area contributed by atoms with E-state index in [1.807, 2.05) is 37.3 Å². The molecule has 3 aliphatic rings. The summed E-state index contributed by atoms with van der Waals surface area (Å²) in [7, 11) is 0. The molecule has 0 aromatic heterocycles. The zero-order valence-electron chi connectivity index (χ0n) is 16.1. The van der Waals surface area contributed by atoms with Gasteiger partial charge >= 0.3 is 6.03 Å². The lowest BCUT2D eigenvalue weighted by Gasteiger charge is -2.53. The van der Waals surface area contributed by atoms with Crippen molar-refractivity contribution < 1.29 is 14.4 Å². The predicted molar refractivity (Wildman–Crippen MR) is 113 cm³/mol. The summed E-state index contributed by atoms with van der Waals surface area (Å²) in [6.45, 7) is 2.72. The van der Waals surface area contributed by atoms with E-state index in [4.69, 9.17) is 0 Å². The lowest BCUT2D eigenvalue weighted by Crippen LogP contribution is -2.73. The Hall–Kier alpha value is -2.80. The lowest BCUT2D eigenvalue weighted by molar-refractivity contribution is -0.144. The number of carbonyl (C=O) groups excluding carboxylic acids is 3. The zero-order valence-corrected chi connectivity index (χ0v) is 16.9. The number of nitrogens with zero attached hydrogens (tertiary/aromatic N) is 2. The molecule has 2 saturated heterocycles. The van der Waals surface area contributed by atoms with Crippen LogP contribution in [0, 0.1) is 12.3 Å². The molecule has 1 spiro atoms. The van der Waals surface area contributed by atoms with E-state index in [0.717, 1.165) is 34.0 Å². The van der Waals surface area contributed by atoms with Crippen molar-refractivity contribution in [2.24, 2.45) is 5.41 Å². The van der Waals surface area contributed by atoms with Gasteiger partial charge in [-0.25, -0.2) is 9.69 Å². The van der Waals surface area contributed by atoms with Gasteiger partial charge in [0.25, 0.3) is 5.91 Å². The maximum atomic E-state index is 13.9. The Bertz CT molecular complexity index is 1020. The second kappa shape index (κ2) is 6.62. The molecule has 29 heavy (non-hydrogen) atoms. The van der Waals surface area contributed by atoms with Crippen LogP contribution in [0.1, 0.15) is 11.1 Å². The molecule has 4 amide bonds. The number of fused-ring (bicyclic) bond motifs is 4. The number of amides is 4. The minimum absolute atomic E-state index is 0.287. The number of imide groups is 2. The Morgan fingerprint density at radius 1 is 1.07 bits per heavy atom. The maximum Gasteiger partial charge on any atom is 0.335 e. The fraction of sp³-hybridized carbons (Fsp3) is 0.318. The molecule has 148 valence electrons. The topological polar surface area (TPSA) is 69.7 Å². The molecule has 0 bridgehead atoms. The second-order valence-electron chi connectivity index (χ2n) is 7.80. The molecule has 2 aromatic carbocycles. The Morgan fingerprint density at radius 3 is 2.62 bits per heavy atom. The molecule has 5 rings (SSSR count). The smallest absolute Gasteiger partial charge is 0.335 e. The van der Waals surface area contributed by atoms with Crippen molar-refractivity contribution in [1.82, 2.24) is 5.32 Å². The highest BCUT2D eigenvalue weighted by Crippen LogP contribution is 2.47. The van der Waals surface area contributed by atoms with Gasteiger partial charge in [0.1, 0.15) is 0 Å². The van der Waals surface area contributed by atoms with Crippen molar-refractivity contribution in [3.8, 4) is 0 Å². The summed E-state index contributed by atoms with van der Waals surface area (Å²) in [5.74, 6) is 0.700. The molecule has 3 aliphatic heterocycles. The van der Waals surface area contributed by atoms with Crippen molar-refractivity contribution in [2.45, 2.75) is 19.4 Å². The van der Waals surface area contributed by atoms with Crippen LogP contribution in [0.4, 0.5) is 16.2 Å². The van der Waals surface area contributed by atoms with Gasteiger partial charge in [0.05, 0.1) is 11.7 Å². The highest BCUT2D eigenvalue weighted by molar-refractivity contribution is 7.99. The first-order valence-corrected chi connectivity index (χ1v) is 10.9. The van der Waals surface area contributed by atoms with Crippen LogP contribution in [-0.4, -0.2) is 41.9 Å². The molecule has 7 heteroatoms. The Balaban J connectivity index is 1.66. The first kappa shape index (κ1) is 18.2. The van der Waals surface area contributed by atoms with E-state index >= 15 is 0 Å². The monoisotopic (exact) mass is 407 g/mol.